The average Bonchev–Trinajstić information content (AvgIpc) is 2.71. The topological polar surface area (TPSA) is 38.9 Å². The molecule has 90 valence electrons. The fourth-order valence-electron chi connectivity index (χ4n) is 1.53. The molecule has 2 aromatic heterocycles. The highest BCUT2D eigenvalue weighted by Crippen LogP contribution is 2.28. The van der Waals surface area contributed by atoms with E-state index in [-0.39, 0.29) is 0 Å². The monoisotopic (exact) mass is 314 g/mol. The lowest BCUT2D eigenvalue weighted by Gasteiger charge is -2.05. The standard InChI is InChI=1S/C12H12BrClN2O/c1-3-4-8-10(13)11(14)16-12(15-8)9-6-5-7(2)17-9/h5-6H,3-4H2,1-2H3. The Kier molecular flexibility index (Phi) is 3.84. The summed E-state index contributed by atoms with van der Waals surface area (Å²) in [7, 11) is 0. The van der Waals surface area contributed by atoms with E-state index >= 15 is 0 Å². The zero-order chi connectivity index (χ0) is 12.4. The third kappa shape index (κ3) is 2.69. The van der Waals surface area contributed by atoms with Gasteiger partial charge in [-0.15, -0.1) is 0 Å². The van der Waals surface area contributed by atoms with Crippen molar-refractivity contribution >= 4 is 27.5 Å². The molecular formula is C12H12BrClN2O. The van der Waals surface area contributed by atoms with Crippen molar-refractivity contribution in [2.45, 2.75) is 26.7 Å². The van der Waals surface area contributed by atoms with Crippen LogP contribution in [0, 0.1) is 6.92 Å². The number of aryl methyl sites for hydroxylation is 2. The number of aromatic nitrogens is 2. The largest absolute Gasteiger partial charge is 0.458 e. The van der Waals surface area contributed by atoms with Crippen molar-refractivity contribution in [1.29, 1.82) is 0 Å². The van der Waals surface area contributed by atoms with E-state index in [1.165, 1.54) is 0 Å². The van der Waals surface area contributed by atoms with Crippen molar-refractivity contribution in [3.63, 3.8) is 0 Å². The lowest BCUT2D eigenvalue weighted by atomic mass is 10.2. The average molecular weight is 316 g/mol. The Labute approximate surface area is 113 Å². The van der Waals surface area contributed by atoms with Crippen LogP contribution in [0.3, 0.4) is 0 Å². The minimum atomic E-state index is 0.424. The van der Waals surface area contributed by atoms with Crippen LogP contribution in [0.15, 0.2) is 21.0 Å². The SMILES string of the molecule is CCCc1nc(-c2ccc(C)o2)nc(Cl)c1Br. The summed E-state index contributed by atoms with van der Waals surface area (Å²) in [5.74, 6) is 2.02. The van der Waals surface area contributed by atoms with Crippen molar-refractivity contribution in [3.8, 4) is 11.6 Å². The Morgan fingerprint density at radius 2 is 2.12 bits per heavy atom. The molecule has 0 N–H and O–H groups in total. The lowest BCUT2D eigenvalue weighted by molar-refractivity contribution is 0.543. The van der Waals surface area contributed by atoms with E-state index in [1.54, 1.807) is 0 Å². The van der Waals surface area contributed by atoms with Crippen LogP contribution >= 0.6 is 27.5 Å². The maximum atomic E-state index is 6.07. The van der Waals surface area contributed by atoms with Gasteiger partial charge < -0.3 is 4.42 Å². The second kappa shape index (κ2) is 5.19. The molecule has 0 unspecified atom stereocenters. The summed E-state index contributed by atoms with van der Waals surface area (Å²) in [5, 5.41) is 0.424. The first-order valence-corrected chi connectivity index (χ1v) is 6.57. The molecule has 0 fully saturated rings. The molecule has 2 aromatic rings. The first-order valence-electron chi connectivity index (χ1n) is 5.40. The van der Waals surface area contributed by atoms with Crippen LogP contribution in [-0.4, -0.2) is 9.97 Å². The van der Waals surface area contributed by atoms with Gasteiger partial charge in [-0.05, 0) is 41.4 Å². The van der Waals surface area contributed by atoms with Gasteiger partial charge in [0.25, 0.3) is 0 Å². The molecule has 0 aromatic carbocycles. The van der Waals surface area contributed by atoms with Gasteiger partial charge in [0.05, 0.1) is 10.2 Å². The lowest BCUT2D eigenvalue weighted by Crippen LogP contribution is -1.97. The van der Waals surface area contributed by atoms with E-state index in [4.69, 9.17) is 16.0 Å². The van der Waals surface area contributed by atoms with E-state index in [2.05, 4.69) is 32.8 Å². The van der Waals surface area contributed by atoms with Crippen LogP contribution < -0.4 is 0 Å². The molecule has 0 aliphatic carbocycles. The van der Waals surface area contributed by atoms with Crippen molar-refractivity contribution in [2.75, 3.05) is 0 Å². The van der Waals surface area contributed by atoms with Gasteiger partial charge in [0, 0.05) is 0 Å². The summed E-state index contributed by atoms with van der Waals surface area (Å²) in [5.41, 5.74) is 0.913. The summed E-state index contributed by atoms with van der Waals surface area (Å²) in [6.45, 7) is 3.98. The van der Waals surface area contributed by atoms with E-state index in [0.717, 1.165) is 28.8 Å². The van der Waals surface area contributed by atoms with Crippen molar-refractivity contribution in [3.05, 3.63) is 33.2 Å². The van der Waals surface area contributed by atoms with Crippen LogP contribution in [0.2, 0.25) is 5.15 Å². The zero-order valence-electron chi connectivity index (χ0n) is 9.63. The molecule has 0 atom stereocenters. The number of halogens is 2. The van der Waals surface area contributed by atoms with Gasteiger partial charge in [0.15, 0.2) is 11.6 Å². The quantitative estimate of drug-likeness (QED) is 0.787. The Balaban J connectivity index is 2.48. The summed E-state index contributed by atoms with van der Waals surface area (Å²) in [6.07, 6.45) is 1.86. The first-order chi connectivity index (χ1) is 8.11. The van der Waals surface area contributed by atoms with Crippen molar-refractivity contribution in [1.82, 2.24) is 9.97 Å². The van der Waals surface area contributed by atoms with Crippen LogP contribution in [0.1, 0.15) is 24.8 Å². The van der Waals surface area contributed by atoms with Crippen molar-refractivity contribution in [2.24, 2.45) is 0 Å². The molecular weight excluding hydrogens is 304 g/mol. The number of hydrogen-bond donors (Lipinski definition) is 0. The number of furan rings is 1. The van der Waals surface area contributed by atoms with Gasteiger partial charge in [0.2, 0.25) is 0 Å². The minimum Gasteiger partial charge on any atom is -0.458 e. The van der Waals surface area contributed by atoms with Crippen LogP contribution in [0.25, 0.3) is 11.6 Å². The minimum absolute atomic E-state index is 0.424. The fraction of sp³-hybridized carbons (Fsp3) is 0.333. The van der Waals surface area contributed by atoms with Crippen LogP contribution in [0.4, 0.5) is 0 Å². The summed E-state index contributed by atoms with van der Waals surface area (Å²) < 4.78 is 6.27. The normalized spacial score (nSPS) is 10.8. The molecule has 0 amide bonds. The Bertz CT molecular complexity index is 539. The maximum absolute atomic E-state index is 6.07. The third-order valence-corrected chi connectivity index (χ3v) is 3.66. The Morgan fingerprint density at radius 1 is 1.35 bits per heavy atom. The second-order valence-electron chi connectivity index (χ2n) is 3.76. The molecule has 3 nitrogen and oxygen atoms in total. The van der Waals surface area contributed by atoms with E-state index < -0.39 is 0 Å². The van der Waals surface area contributed by atoms with Gasteiger partial charge in [0.1, 0.15) is 10.9 Å². The molecule has 0 aliphatic rings. The van der Waals surface area contributed by atoms with Gasteiger partial charge in [-0.1, -0.05) is 24.9 Å². The fourth-order valence-corrected chi connectivity index (χ4v) is 2.10. The van der Waals surface area contributed by atoms with E-state index in [9.17, 15) is 0 Å². The summed E-state index contributed by atoms with van der Waals surface area (Å²) >= 11 is 9.48. The summed E-state index contributed by atoms with van der Waals surface area (Å²) in [4.78, 5) is 8.68. The Hall–Kier alpha value is -0.870. The van der Waals surface area contributed by atoms with Crippen LogP contribution in [0.5, 0.6) is 0 Å². The summed E-state index contributed by atoms with van der Waals surface area (Å²) in [6, 6.07) is 3.73. The predicted octanol–water partition coefficient (Wildman–Crippen LogP) is 4.41. The molecule has 0 bridgehead atoms. The van der Waals surface area contributed by atoms with Crippen LogP contribution in [-0.2, 0) is 6.42 Å². The van der Waals surface area contributed by atoms with E-state index in [1.807, 2.05) is 19.1 Å². The first kappa shape index (κ1) is 12.6. The highest BCUT2D eigenvalue weighted by atomic mass is 79.9. The maximum Gasteiger partial charge on any atom is 0.197 e. The van der Waals surface area contributed by atoms with Crippen molar-refractivity contribution < 1.29 is 4.42 Å². The molecule has 0 spiro atoms. The predicted molar refractivity (Wildman–Crippen MR) is 71.2 cm³/mol. The number of rotatable bonds is 3. The third-order valence-electron chi connectivity index (χ3n) is 2.33. The van der Waals surface area contributed by atoms with Gasteiger partial charge in [-0.25, -0.2) is 9.97 Å². The van der Waals surface area contributed by atoms with E-state index in [0.29, 0.717) is 16.7 Å². The highest BCUT2D eigenvalue weighted by Gasteiger charge is 2.13. The smallest absolute Gasteiger partial charge is 0.197 e. The van der Waals surface area contributed by atoms with Gasteiger partial charge >= 0.3 is 0 Å². The molecule has 5 heteroatoms. The molecule has 0 radical (unpaired) electrons. The van der Waals surface area contributed by atoms with Gasteiger partial charge in [-0.2, -0.15) is 0 Å². The molecule has 17 heavy (non-hydrogen) atoms. The number of nitrogens with zero attached hydrogens (tertiary/aromatic N) is 2. The number of hydrogen-bond acceptors (Lipinski definition) is 3. The molecule has 0 saturated heterocycles. The zero-order valence-corrected chi connectivity index (χ0v) is 12.0. The van der Waals surface area contributed by atoms with Gasteiger partial charge in [-0.3, -0.25) is 0 Å². The Morgan fingerprint density at radius 3 is 2.71 bits per heavy atom. The molecule has 0 saturated carbocycles. The molecule has 2 heterocycles. The molecule has 2 rings (SSSR count). The molecule has 0 aliphatic heterocycles. The second-order valence-corrected chi connectivity index (χ2v) is 4.91. The highest BCUT2D eigenvalue weighted by molar-refractivity contribution is 9.10.